The van der Waals surface area contributed by atoms with Crippen molar-refractivity contribution in [3.63, 3.8) is 0 Å². The lowest BCUT2D eigenvalue weighted by molar-refractivity contribution is 0.587. The van der Waals surface area contributed by atoms with Gasteiger partial charge in [0.1, 0.15) is 0 Å². The highest BCUT2D eigenvalue weighted by Gasteiger charge is 2.11. The van der Waals surface area contributed by atoms with E-state index in [1.165, 1.54) is 17.5 Å². The van der Waals surface area contributed by atoms with Crippen LogP contribution < -0.4 is 10.0 Å². The summed E-state index contributed by atoms with van der Waals surface area (Å²) in [6.07, 6.45) is 0. The zero-order valence-electron chi connectivity index (χ0n) is 12.2. The van der Waals surface area contributed by atoms with Gasteiger partial charge in [-0.15, -0.1) is 11.3 Å². The summed E-state index contributed by atoms with van der Waals surface area (Å²) in [7, 11) is -1.81. The maximum atomic E-state index is 11.7. The molecule has 6 heteroatoms. The molecule has 0 aliphatic carbocycles. The van der Waals surface area contributed by atoms with E-state index in [-0.39, 0.29) is 5.75 Å². The van der Waals surface area contributed by atoms with Crippen molar-refractivity contribution in [2.75, 3.05) is 7.05 Å². The summed E-state index contributed by atoms with van der Waals surface area (Å²) in [6.45, 7) is 3.56. The third kappa shape index (κ3) is 4.64. The molecule has 0 bridgehead atoms. The second-order valence-corrected chi connectivity index (χ2v) is 7.79. The minimum Gasteiger partial charge on any atom is -0.308 e. The van der Waals surface area contributed by atoms with Crippen molar-refractivity contribution < 1.29 is 8.42 Å². The molecule has 21 heavy (non-hydrogen) atoms. The zero-order chi connectivity index (χ0) is 15.3. The molecule has 0 fully saturated rings. The highest BCUT2D eigenvalue weighted by atomic mass is 32.2. The third-order valence-electron chi connectivity index (χ3n) is 3.34. The molecule has 0 aliphatic heterocycles. The highest BCUT2D eigenvalue weighted by molar-refractivity contribution is 7.88. The van der Waals surface area contributed by atoms with Crippen molar-refractivity contribution >= 4 is 21.4 Å². The summed E-state index contributed by atoms with van der Waals surface area (Å²) in [5.74, 6) is 0.0133. The van der Waals surface area contributed by atoms with Crippen LogP contribution >= 0.6 is 11.3 Å². The van der Waals surface area contributed by atoms with E-state index in [4.69, 9.17) is 0 Å². The van der Waals surface area contributed by atoms with Crippen LogP contribution in [0.3, 0.4) is 0 Å². The van der Waals surface area contributed by atoms with Gasteiger partial charge < -0.3 is 5.32 Å². The zero-order valence-corrected chi connectivity index (χ0v) is 13.9. The second kappa shape index (κ2) is 7.17. The van der Waals surface area contributed by atoms with Crippen LogP contribution in [0.15, 0.2) is 35.7 Å². The van der Waals surface area contributed by atoms with Crippen molar-refractivity contribution in [2.24, 2.45) is 0 Å². The molecule has 0 unspecified atom stereocenters. The summed E-state index contributed by atoms with van der Waals surface area (Å²) in [5.41, 5.74) is 3.14. The minimum atomic E-state index is -3.25. The van der Waals surface area contributed by atoms with Gasteiger partial charge in [-0.05, 0) is 42.1 Å². The van der Waals surface area contributed by atoms with Crippen LogP contribution in [-0.4, -0.2) is 15.5 Å². The summed E-state index contributed by atoms with van der Waals surface area (Å²) < 4.78 is 25.7. The van der Waals surface area contributed by atoms with Crippen LogP contribution in [0.5, 0.6) is 0 Å². The van der Waals surface area contributed by atoms with E-state index in [9.17, 15) is 8.42 Å². The Bertz CT molecular complexity index is 693. The monoisotopic (exact) mass is 324 g/mol. The molecule has 4 nitrogen and oxygen atoms in total. The molecule has 1 aromatic heterocycles. The molecule has 0 atom stereocenters. The lowest BCUT2D eigenvalue weighted by atomic mass is 10.1. The number of nitrogens with one attached hydrogen (secondary N) is 2. The van der Waals surface area contributed by atoms with E-state index in [0.717, 1.165) is 17.7 Å². The van der Waals surface area contributed by atoms with Gasteiger partial charge in [0, 0.05) is 18.0 Å². The molecule has 0 saturated heterocycles. The Morgan fingerprint density at radius 1 is 1.10 bits per heavy atom. The van der Waals surface area contributed by atoms with Crippen molar-refractivity contribution in [3.8, 4) is 0 Å². The van der Waals surface area contributed by atoms with Crippen LogP contribution in [0.25, 0.3) is 0 Å². The normalized spacial score (nSPS) is 11.7. The minimum absolute atomic E-state index is 0.0133. The van der Waals surface area contributed by atoms with Crippen LogP contribution in [0, 0.1) is 6.92 Å². The quantitative estimate of drug-likeness (QED) is 0.822. The molecule has 0 radical (unpaired) electrons. The van der Waals surface area contributed by atoms with E-state index in [0.29, 0.717) is 6.54 Å². The van der Waals surface area contributed by atoms with Gasteiger partial charge in [0.15, 0.2) is 0 Å². The lowest BCUT2D eigenvalue weighted by Crippen LogP contribution is -2.22. The Kier molecular flexibility index (Phi) is 5.52. The maximum absolute atomic E-state index is 11.7. The van der Waals surface area contributed by atoms with Crippen LogP contribution in [0.4, 0.5) is 0 Å². The first-order valence-electron chi connectivity index (χ1n) is 6.73. The van der Waals surface area contributed by atoms with Gasteiger partial charge in [-0.2, -0.15) is 0 Å². The predicted octanol–water partition coefficient (Wildman–Crippen LogP) is 2.40. The largest absolute Gasteiger partial charge is 0.308 e. The molecule has 1 aromatic carbocycles. The summed E-state index contributed by atoms with van der Waals surface area (Å²) in [5, 5.41) is 5.47. The summed E-state index contributed by atoms with van der Waals surface area (Å²) in [4.78, 5) is 1.32. The number of rotatable bonds is 7. The van der Waals surface area contributed by atoms with Gasteiger partial charge in [-0.25, -0.2) is 13.1 Å². The van der Waals surface area contributed by atoms with Crippen LogP contribution in [-0.2, 0) is 28.9 Å². The molecule has 2 aromatic rings. The average molecular weight is 324 g/mol. The Balaban J connectivity index is 2.02. The third-order valence-corrected chi connectivity index (χ3v) is 5.68. The SMILES string of the molecule is CNS(=O)(=O)Cc1ccccc1CNCc1sccc1C. The molecular formula is C15H20N2O2S2. The topological polar surface area (TPSA) is 58.2 Å². The number of thiophene rings is 1. The van der Waals surface area contributed by atoms with Gasteiger partial charge in [0.05, 0.1) is 5.75 Å². The molecule has 0 saturated carbocycles. The summed E-state index contributed by atoms with van der Waals surface area (Å²) in [6, 6.07) is 9.74. The number of benzene rings is 1. The second-order valence-electron chi connectivity index (χ2n) is 4.86. The van der Waals surface area contributed by atoms with Crippen LogP contribution in [0.2, 0.25) is 0 Å². The van der Waals surface area contributed by atoms with E-state index in [1.807, 2.05) is 24.3 Å². The van der Waals surface area contributed by atoms with E-state index in [1.54, 1.807) is 11.3 Å². The number of sulfonamides is 1. The standard InChI is InChI=1S/C15H20N2O2S2/c1-12-7-8-20-15(12)10-17-9-13-5-3-4-6-14(13)11-21(18,19)16-2/h3-8,16-17H,9-11H2,1-2H3. The molecule has 1 heterocycles. The first-order chi connectivity index (χ1) is 10.0. The summed E-state index contributed by atoms with van der Waals surface area (Å²) >= 11 is 1.73. The van der Waals surface area contributed by atoms with Crippen molar-refractivity contribution in [1.29, 1.82) is 0 Å². The van der Waals surface area contributed by atoms with Gasteiger partial charge >= 0.3 is 0 Å². The highest BCUT2D eigenvalue weighted by Crippen LogP contribution is 2.16. The fourth-order valence-corrected chi connectivity index (χ4v) is 3.75. The Morgan fingerprint density at radius 3 is 2.43 bits per heavy atom. The molecular weight excluding hydrogens is 304 g/mol. The Labute approximate surface area is 130 Å². The Morgan fingerprint density at radius 2 is 1.81 bits per heavy atom. The molecule has 2 N–H and O–H groups in total. The van der Waals surface area contributed by atoms with Gasteiger partial charge in [-0.1, -0.05) is 24.3 Å². The smallest absolute Gasteiger partial charge is 0.215 e. The van der Waals surface area contributed by atoms with Crippen LogP contribution in [0.1, 0.15) is 21.6 Å². The molecule has 114 valence electrons. The lowest BCUT2D eigenvalue weighted by Gasteiger charge is -2.11. The fourth-order valence-electron chi connectivity index (χ4n) is 2.04. The first-order valence-corrected chi connectivity index (χ1v) is 9.27. The molecule has 2 rings (SSSR count). The van der Waals surface area contributed by atoms with E-state index >= 15 is 0 Å². The number of hydrogen-bond donors (Lipinski definition) is 2. The van der Waals surface area contributed by atoms with Crippen molar-refractivity contribution in [2.45, 2.75) is 25.8 Å². The molecule has 0 spiro atoms. The number of hydrogen-bond acceptors (Lipinski definition) is 4. The predicted molar refractivity (Wildman–Crippen MR) is 87.7 cm³/mol. The Hall–Kier alpha value is -1.21. The van der Waals surface area contributed by atoms with E-state index in [2.05, 4.69) is 28.4 Å². The van der Waals surface area contributed by atoms with Crippen molar-refractivity contribution in [1.82, 2.24) is 10.0 Å². The van der Waals surface area contributed by atoms with Gasteiger partial charge in [-0.3, -0.25) is 0 Å². The van der Waals surface area contributed by atoms with Crippen molar-refractivity contribution in [3.05, 3.63) is 57.3 Å². The van der Waals surface area contributed by atoms with E-state index < -0.39 is 10.0 Å². The first kappa shape index (κ1) is 16.2. The van der Waals surface area contributed by atoms with Gasteiger partial charge in [0.2, 0.25) is 10.0 Å². The van der Waals surface area contributed by atoms with Gasteiger partial charge in [0.25, 0.3) is 0 Å². The number of aryl methyl sites for hydroxylation is 1. The average Bonchev–Trinajstić information content (AvgIpc) is 2.86. The molecule has 0 amide bonds. The maximum Gasteiger partial charge on any atom is 0.215 e. The fraction of sp³-hybridized carbons (Fsp3) is 0.333. The molecule has 0 aliphatic rings.